The Balaban J connectivity index is 2.27. The fourth-order valence-corrected chi connectivity index (χ4v) is 1.84. The maximum absolute atomic E-state index is 12.2. The van der Waals surface area contributed by atoms with Gasteiger partial charge in [-0.05, 0) is 36.0 Å². The monoisotopic (exact) mass is 244 g/mol. The summed E-state index contributed by atoms with van der Waals surface area (Å²) < 4.78 is 38.0. The number of hydrogen-bond acceptors (Lipinski definition) is 2. The van der Waals surface area contributed by atoms with Crippen molar-refractivity contribution in [2.45, 2.75) is 10.4 Å². The van der Waals surface area contributed by atoms with Crippen molar-refractivity contribution in [3.05, 3.63) is 42.7 Å². The van der Waals surface area contributed by atoms with Gasteiger partial charge < -0.3 is 0 Å². The molecular weight excluding hydrogens is 237 g/mol. The lowest BCUT2D eigenvalue weighted by Gasteiger charge is -2.07. The van der Waals surface area contributed by atoms with E-state index in [9.17, 15) is 13.2 Å². The third-order valence-corrected chi connectivity index (χ3v) is 2.54. The summed E-state index contributed by atoms with van der Waals surface area (Å²) in [7, 11) is 0. The van der Waals surface area contributed by atoms with E-state index in [4.69, 9.17) is 0 Å². The van der Waals surface area contributed by atoms with E-state index in [1.54, 1.807) is 30.6 Å². The topological polar surface area (TPSA) is 17.8 Å². The van der Waals surface area contributed by atoms with Crippen LogP contribution < -0.4 is 0 Å². The van der Waals surface area contributed by atoms with E-state index < -0.39 is 5.51 Å². The van der Waals surface area contributed by atoms with E-state index in [1.807, 2.05) is 0 Å². The SMILES string of the molecule is FC(F)(F)Sc1cccc(-n2cccn2)c1. The largest absolute Gasteiger partial charge is 0.446 e. The van der Waals surface area contributed by atoms with Crippen molar-refractivity contribution in [2.75, 3.05) is 0 Å². The van der Waals surface area contributed by atoms with Crippen LogP contribution in [0.25, 0.3) is 5.69 Å². The Morgan fingerprint density at radius 1 is 1.19 bits per heavy atom. The number of hydrogen-bond donors (Lipinski definition) is 0. The number of nitrogens with zero attached hydrogens (tertiary/aromatic N) is 2. The third-order valence-electron chi connectivity index (χ3n) is 1.82. The summed E-state index contributed by atoms with van der Waals surface area (Å²) in [5.74, 6) is 0. The molecule has 0 radical (unpaired) electrons. The van der Waals surface area contributed by atoms with Gasteiger partial charge in [-0.2, -0.15) is 18.3 Å². The molecule has 0 aliphatic carbocycles. The van der Waals surface area contributed by atoms with Gasteiger partial charge in [0, 0.05) is 17.3 Å². The standard InChI is InChI=1S/C10H7F3N2S/c11-10(12,13)16-9-4-1-3-8(7-9)15-6-2-5-14-15/h1-7H. The van der Waals surface area contributed by atoms with E-state index >= 15 is 0 Å². The molecule has 0 bridgehead atoms. The van der Waals surface area contributed by atoms with E-state index in [1.165, 1.54) is 16.8 Å². The molecule has 0 fully saturated rings. The Morgan fingerprint density at radius 3 is 2.62 bits per heavy atom. The van der Waals surface area contributed by atoms with Crippen molar-refractivity contribution in [2.24, 2.45) is 0 Å². The molecule has 0 saturated carbocycles. The number of aromatic nitrogens is 2. The first-order chi connectivity index (χ1) is 7.54. The van der Waals surface area contributed by atoms with Crippen LogP contribution in [0.5, 0.6) is 0 Å². The highest BCUT2D eigenvalue weighted by atomic mass is 32.2. The first-order valence-corrected chi connectivity index (χ1v) is 5.22. The van der Waals surface area contributed by atoms with Crippen LogP contribution in [-0.2, 0) is 0 Å². The average Bonchev–Trinajstić information content (AvgIpc) is 2.68. The second-order valence-electron chi connectivity index (χ2n) is 3.00. The predicted octanol–water partition coefficient (Wildman–Crippen LogP) is 3.48. The Morgan fingerprint density at radius 2 is 2.00 bits per heavy atom. The lowest BCUT2D eigenvalue weighted by molar-refractivity contribution is -0.0328. The zero-order chi connectivity index (χ0) is 11.6. The maximum Gasteiger partial charge on any atom is 0.446 e. The van der Waals surface area contributed by atoms with Crippen LogP contribution in [0.1, 0.15) is 0 Å². The molecule has 1 heterocycles. The summed E-state index contributed by atoms with van der Waals surface area (Å²) in [6.45, 7) is 0. The van der Waals surface area contributed by atoms with Crippen molar-refractivity contribution in [1.29, 1.82) is 0 Å². The van der Waals surface area contributed by atoms with E-state index in [0.29, 0.717) is 5.69 Å². The Kier molecular flexibility index (Phi) is 2.91. The highest BCUT2D eigenvalue weighted by molar-refractivity contribution is 8.00. The molecule has 0 aliphatic rings. The van der Waals surface area contributed by atoms with Crippen LogP contribution in [0.4, 0.5) is 13.2 Å². The molecule has 0 spiro atoms. The summed E-state index contributed by atoms with van der Waals surface area (Å²) in [6, 6.07) is 7.86. The minimum absolute atomic E-state index is 0.129. The lowest BCUT2D eigenvalue weighted by atomic mass is 10.3. The van der Waals surface area contributed by atoms with E-state index in [0.717, 1.165) is 0 Å². The van der Waals surface area contributed by atoms with Gasteiger partial charge in [-0.1, -0.05) is 6.07 Å². The van der Waals surface area contributed by atoms with Crippen molar-refractivity contribution in [3.63, 3.8) is 0 Å². The number of thioether (sulfide) groups is 1. The minimum atomic E-state index is -4.26. The number of rotatable bonds is 2. The third kappa shape index (κ3) is 2.79. The second-order valence-corrected chi connectivity index (χ2v) is 4.13. The molecule has 0 saturated heterocycles. The second kappa shape index (κ2) is 4.21. The van der Waals surface area contributed by atoms with Gasteiger partial charge in [-0.3, -0.25) is 0 Å². The van der Waals surface area contributed by atoms with Crippen LogP contribution in [0.3, 0.4) is 0 Å². The van der Waals surface area contributed by atoms with Crippen molar-refractivity contribution >= 4 is 11.8 Å². The summed E-state index contributed by atoms with van der Waals surface area (Å²) in [5.41, 5.74) is -3.65. The van der Waals surface area contributed by atoms with Crippen LogP contribution in [-0.4, -0.2) is 15.3 Å². The highest BCUT2D eigenvalue weighted by Gasteiger charge is 2.29. The quantitative estimate of drug-likeness (QED) is 0.752. The molecular formula is C10H7F3N2S. The van der Waals surface area contributed by atoms with Crippen LogP contribution in [0.15, 0.2) is 47.6 Å². The molecule has 0 atom stereocenters. The summed E-state index contributed by atoms with van der Waals surface area (Å²) >= 11 is -0.129. The molecule has 0 N–H and O–H groups in total. The summed E-state index contributed by atoms with van der Waals surface area (Å²) in [4.78, 5) is 0.153. The van der Waals surface area contributed by atoms with Gasteiger partial charge in [-0.25, -0.2) is 4.68 Å². The summed E-state index contributed by atoms with van der Waals surface area (Å²) in [6.07, 6.45) is 3.25. The van der Waals surface area contributed by atoms with Gasteiger partial charge >= 0.3 is 5.51 Å². The Labute approximate surface area is 94.1 Å². The van der Waals surface area contributed by atoms with Gasteiger partial charge in [-0.15, -0.1) is 0 Å². The molecule has 6 heteroatoms. The Hall–Kier alpha value is -1.43. The first kappa shape index (κ1) is 11.1. The number of benzene rings is 1. The smallest absolute Gasteiger partial charge is 0.241 e. The van der Waals surface area contributed by atoms with Crippen molar-refractivity contribution in [1.82, 2.24) is 9.78 Å². The zero-order valence-corrected chi connectivity index (χ0v) is 8.79. The lowest BCUT2D eigenvalue weighted by Crippen LogP contribution is -2.00. The van der Waals surface area contributed by atoms with Gasteiger partial charge in [0.05, 0.1) is 5.69 Å². The molecule has 84 valence electrons. The average molecular weight is 244 g/mol. The minimum Gasteiger partial charge on any atom is -0.241 e. The maximum atomic E-state index is 12.2. The first-order valence-electron chi connectivity index (χ1n) is 4.40. The fraction of sp³-hybridized carbons (Fsp3) is 0.100. The van der Waals surface area contributed by atoms with E-state index in [-0.39, 0.29) is 16.7 Å². The van der Waals surface area contributed by atoms with Gasteiger partial charge in [0.1, 0.15) is 0 Å². The van der Waals surface area contributed by atoms with Crippen molar-refractivity contribution < 1.29 is 13.2 Å². The fourth-order valence-electron chi connectivity index (χ4n) is 1.24. The normalized spacial score (nSPS) is 11.7. The molecule has 1 aromatic heterocycles. The van der Waals surface area contributed by atoms with Crippen LogP contribution >= 0.6 is 11.8 Å². The molecule has 16 heavy (non-hydrogen) atoms. The van der Waals surface area contributed by atoms with Gasteiger partial charge in [0.2, 0.25) is 0 Å². The van der Waals surface area contributed by atoms with Crippen LogP contribution in [0.2, 0.25) is 0 Å². The Bertz CT molecular complexity index is 465. The molecule has 1 aromatic carbocycles. The molecule has 2 nitrogen and oxygen atoms in total. The van der Waals surface area contributed by atoms with Gasteiger partial charge in [0.15, 0.2) is 0 Å². The molecule has 0 amide bonds. The van der Waals surface area contributed by atoms with Crippen LogP contribution in [0, 0.1) is 0 Å². The molecule has 2 rings (SSSR count). The van der Waals surface area contributed by atoms with E-state index in [2.05, 4.69) is 5.10 Å². The summed E-state index contributed by atoms with van der Waals surface area (Å²) in [5, 5.41) is 3.95. The molecule has 0 unspecified atom stereocenters. The molecule has 0 aliphatic heterocycles. The number of halogens is 3. The molecule has 2 aromatic rings. The highest BCUT2D eigenvalue weighted by Crippen LogP contribution is 2.37. The van der Waals surface area contributed by atoms with Gasteiger partial charge in [0.25, 0.3) is 0 Å². The van der Waals surface area contributed by atoms with Crippen molar-refractivity contribution in [3.8, 4) is 5.69 Å². The number of alkyl halides is 3. The zero-order valence-electron chi connectivity index (χ0n) is 7.98. The predicted molar refractivity (Wildman–Crippen MR) is 55.5 cm³/mol.